The molecular weight excluding hydrogens is 845 g/mol. The van der Waals surface area contributed by atoms with Gasteiger partial charge >= 0.3 is 0 Å². The van der Waals surface area contributed by atoms with Crippen LogP contribution in [0.25, 0.3) is 10.8 Å². The van der Waals surface area contributed by atoms with Crippen molar-refractivity contribution in [2.24, 2.45) is 51.1 Å². The Kier molecular flexibility index (Phi) is 13.4. The number of ether oxygens (including phenoxy) is 1. The first-order chi connectivity index (χ1) is 31.4. The fraction of sp³-hybridized carbons (Fsp3) is 0.691. The number of allylic oxidation sites excluding steroid dienone is 1. The maximum atomic E-state index is 11.4. The van der Waals surface area contributed by atoms with E-state index in [1.54, 1.807) is 0 Å². The van der Waals surface area contributed by atoms with Gasteiger partial charge in [0, 0.05) is 59.2 Å². The van der Waals surface area contributed by atoms with Crippen LogP contribution < -0.4 is 16.4 Å². The summed E-state index contributed by atoms with van der Waals surface area (Å²) in [6, 6.07) is 13.7. The topological polar surface area (TPSA) is 129 Å². The van der Waals surface area contributed by atoms with E-state index >= 15 is 0 Å². The minimum Gasteiger partial charge on any atom is -0.471 e. The standard InChI is InChI=1S/C55H78N4O4S2/c1-35-25-54(22-17-36(26-54)18-23-55(61)20-7-11-43(60)27-55)50-53(3,63-50)21-19-48-45(35)28-52(48,2)42-16-15-38(24-42)49-34-65-64-33-47-37(8-5-9-39(47)29-57-4)13-14-40(30-58-51(56)59-49)44-12-6-10-41-31-62-32-46(41)44/h5-6,8-10,12,31-32,36,38,40,42-43,45,48-50,57,60-61H,1,7,11,13-30,33-34H2,2-4H3,(H3,56,58,59). The van der Waals surface area contributed by atoms with Crippen LogP contribution in [0.1, 0.15) is 151 Å². The number of benzene rings is 2. The van der Waals surface area contributed by atoms with Gasteiger partial charge in [-0.15, -0.1) is 0 Å². The number of aliphatic imine (C=N–C) groups is 1. The maximum Gasteiger partial charge on any atom is 0.188 e. The Balaban J connectivity index is 0.826. The van der Waals surface area contributed by atoms with E-state index in [0.29, 0.717) is 60.0 Å². The normalized spacial score (nSPS) is 40.3. The SMILES string of the molecule is C=C1CC2(CCC(CCC3(O)CCCC(O)C3)C2)C2OC2(C)CCC2C1CC2(C)C1CCC(C2CSSCc3c(cccc3CNC)CCC(c3cccc4cocc34)CN=C(N)N2)C1. The largest absolute Gasteiger partial charge is 0.471 e. The van der Waals surface area contributed by atoms with Gasteiger partial charge in [-0.1, -0.05) is 77.1 Å². The molecule has 354 valence electrons. The van der Waals surface area contributed by atoms with Crippen LogP contribution in [-0.2, 0) is 23.5 Å². The number of nitrogens with zero attached hydrogens (tertiary/aromatic N) is 1. The third-order valence-corrected chi connectivity index (χ3v) is 21.2. The summed E-state index contributed by atoms with van der Waals surface area (Å²) in [6.07, 6.45) is 22.9. The summed E-state index contributed by atoms with van der Waals surface area (Å²) >= 11 is 0. The van der Waals surface area contributed by atoms with Gasteiger partial charge in [-0.3, -0.25) is 4.99 Å². The Labute approximate surface area is 397 Å². The Morgan fingerprint density at radius 2 is 1.86 bits per heavy atom. The molecule has 3 heterocycles. The second-order valence-corrected chi connectivity index (χ2v) is 25.4. The van der Waals surface area contributed by atoms with Crippen LogP contribution in [0.4, 0.5) is 0 Å². The molecule has 8 nitrogen and oxygen atoms in total. The Morgan fingerprint density at radius 1 is 0.985 bits per heavy atom. The highest BCUT2D eigenvalue weighted by molar-refractivity contribution is 8.76. The summed E-state index contributed by atoms with van der Waals surface area (Å²) < 4.78 is 12.5. The molecule has 7 aliphatic rings. The first-order valence-corrected chi connectivity index (χ1v) is 28.1. The number of aryl methyl sites for hydroxylation is 1. The van der Waals surface area contributed by atoms with Gasteiger partial charge in [-0.2, -0.15) is 0 Å². The number of furan rings is 1. The molecule has 2 aliphatic heterocycles. The number of hydrogen-bond donors (Lipinski definition) is 5. The van der Waals surface area contributed by atoms with Gasteiger partial charge < -0.3 is 35.7 Å². The molecule has 5 saturated carbocycles. The Bertz CT molecular complexity index is 2210. The molecule has 10 rings (SSSR count). The molecule has 0 radical (unpaired) electrons. The van der Waals surface area contributed by atoms with Crippen molar-refractivity contribution in [2.75, 3.05) is 19.3 Å². The van der Waals surface area contributed by atoms with E-state index < -0.39 is 5.60 Å². The van der Waals surface area contributed by atoms with Gasteiger partial charge in [-0.25, -0.2) is 0 Å². The number of guanidine groups is 1. The fourth-order valence-electron chi connectivity index (χ4n) is 15.2. The summed E-state index contributed by atoms with van der Waals surface area (Å²) in [5.74, 6) is 5.94. The predicted molar refractivity (Wildman–Crippen MR) is 269 cm³/mol. The smallest absolute Gasteiger partial charge is 0.188 e. The minimum absolute atomic E-state index is 0.0237. The zero-order chi connectivity index (χ0) is 45.0. The molecule has 1 spiro atoms. The number of hydrogen-bond acceptors (Lipinski definition) is 10. The van der Waals surface area contributed by atoms with Crippen LogP contribution in [0.5, 0.6) is 0 Å². The molecule has 13 atom stereocenters. The molecule has 0 amide bonds. The second kappa shape index (κ2) is 18.8. The molecular formula is C55H78N4O4S2. The summed E-state index contributed by atoms with van der Waals surface area (Å²) in [4.78, 5) is 5.15. The molecule has 1 aromatic heterocycles. The van der Waals surface area contributed by atoms with E-state index in [0.717, 1.165) is 81.2 Å². The molecule has 0 bridgehead atoms. The lowest BCUT2D eigenvalue weighted by Crippen LogP contribution is -2.51. The van der Waals surface area contributed by atoms with Crippen LogP contribution in [0.3, 0.4) is 0 Å². The number of fused-ring (bicyclic) bond motifs is 5. The van der Waals surface area contributed by atoms with Gasteiger partial charge in [-0.05, 0) is 180 Å². The third-order valence-electron chi connectivity index (χ3n) is 18.9. The Hall–Kier alpha value is -2.47. The van der Waals surface area contributed by atoms with Crippen molar-refractivity contribution >= 4 is 38.3 Å². The zero-order valence-corrected chi connectivity index (χ0v) is 41.3. The first kappa shape index (κ1) is 46.3. The maximum absolute atomic E-state index is 11.4. The van der Waals surface area contributed by atoms with Gasteiger partial charge in [0.2, 0.25) is 0 Å². The molecule has 65 heavy (non-hydrogen) atoms. The lowest BCUT2D eigenvalue weighted by atomic mass is 9.46. The summed E-state index contributed by atoms with van der Waals surface area (Å²) in [7, 11) is 6.07. The van der Waals surface area contributed by atoms with Crippen molar-refractivity contribution in [3.63, 3.8) is 0 Å². The van der Waals surface area contributed by atoms with Crippen LogP contribution >= 0.6 is 21.6 Å². The summed E-state index contributed by atoms with van der Waals surface area (Å²) in [5, 5.41) is 31.3. The minimum atomic E-state index is -0.687. The van der Waals surface area contributed by atoms with Crippen LogP contribution in [0.15, 0.2) is 70.5 Å². The molecule has 5 aliphatic carbocycles. The van der Waals surface area contributed by atoms with E-state index in [1.165, 1.54) is 84.6 Å². The lowest BCUT2D eigenvalue weighted by Gasteiger charge is -2.58. The molecule has 3 aromatic rings. The number of nitrogens with two attached hydrogens (primary N) is 1. The monoisotopic (exact) mass is 923 g/mol. The average molecular weight is 923 g/mol. The van der Waals surface area contributed by atoms with Gasteiger partial charge in [0.25, 0.3) is 0 Å². The van der Waals surface area contributed by atoms with Gasteiger partial charge in [0.15, 0.2) is 5.96 Å². The molecule has 1 saturated heterocycles. The predicted octanol–water partition coefficient (Wildman–Crippen LogP) is 11.2. The van der Waals surface area contributed by atoms with Crippen molar-refractivity contribution in [1.82, 2.24) is 10.6 Å². The van der Waals surface area contributed by atoms with Crippen molar-refractivity contribution < 1.29 is 19.4 Å². The molecule has 13 unspecified atom stereocenters. The van der Waals surface area contributed by atoms with E-state index in [2.05, 4.69) is 67.9 Å². The average Bonchev–Trinajstić information content (AvgIpc) is 3.74. The number of aliphatic hydroxyl groups is 2. The quantitative estimate of drug-likeness (QED) is 0.0852. The highest BCUT2D eigenvalue weighted by Crippen LogP contribution is 2.69. The fourth-order valence-corrected chi connectivity index (χ4v) is 17.7. The van der Waals surface area contributed by atoms with Crippen LogP contribution in [-0.4, -0.2) is 65.0 Å². The summed E-state index contributed by atoms with van der Waals surface area (Å²) in [5.41, 5.74) is 13.8. The Morgan fingerprint density at radius 3 is 2.72 bits per heavy atom. The molecule has 6 N–H and O–H groups in total. The van der Waals surface area contributed by atoms with Crippen LogP contribution in [0.2, 0.25) is 0 Å². The number of epoxide rings is 1. The van der Waals surface area contributed by atoms with Gasteiger partial charge in [0.05, 0.1) is 35.9 Å². The van der Waals surface area contributed by atoms with Crippen molar-refractivity contribution in [3.05, 3.63) is 83.3 Å². The zero-order valence-electron chi connectivity index (χ0n) is 39.6. The molecule has 2 aromatic carbocycles. The van der Waals surface area contributed by atoms with Crippen molar-refractivity contribution in [1.29, 1.82) is 0 Å². The number of aliphatic hydroxyl groups excluding tert-OH is 1. The van der Waals surface area contributed by atoms with E-state index in [4.69, 9.17) is 26.5 Å². The van der Waals surface area contributed by atoms with E-state index in [9.17, 15) is 10.2 Å². The van der Waals surface area contributed by atoms with Crippen molar-refractivity contribution in [2.45, 2.75) is 177 Å². The van der Waals surface area contributed by atoms with Crippen LogP contribution in [0, 0.1) is 40.4 Å². The number of rotatable bonds is 8. The first-order valence-electron chi connectivity index (χ1n) is 25.6. The highest BCUT2D eigenvalue weighted by atomic mass is 33.1. The van der Waals surface area contributed by atoms with Gasteiger partial charge in [0.1, 0.15) is 0 Å². The molecule has 10 heteroatoms. The summed E-state index contributed by atoms with van der Waals surface area (Å²) in [6.45, 7) is 11.5. The lowest BCUT2D eigenvalue weighted by molar-refractivity contribution is -0.0696. The van der Waals surface area contributed by atoms with Crippen molar-refractivity contribution in [3.8, 4) is 0 Å². The second-order valence-electron chi connectivity index (χ2n) is 22.9. The number of nitrogens with one attached hydrogen (secondary N) is 2. The van der Waals surface area contributed by atoms with E-state index in [1.807, 2.05) is 34.1 Å². The molecule has 6 fully saturated rings. The third kappa shape index (κ3) is 9.37. The van der Waals surface area contributed by atoms with E-state index in [-0.39, 0.29) is 29.1 Å². The highest BCUT2D eigenvalue weighted by Gasteiger charge is 2.67.